The highest BCUT2D eigenvalue weighted by Gasteiger charge is 2.24. The lowest BCUT2D eigenvalue weighted by Gasteiger charge is -2.32. The Kier molecular flexibility index (Phi) is 8.35. The number of carbonyl (C=O) groups excluding carboxylic acids is 2. The van der Waals surface area contributed by atoms with Crippen molar-refractivity contribution in [2.75, 3.05) is 54.2 Å². The smallest absolute Gasteiger partial charge is 0.251 e. The molecule has 2 rings (SSSR count). The van der Waals surface area contributed by atoms with E-state index in [1.807, 2.05) is 0 Å². The number of carbonyl (C=O) groups is 2. The largest absolute Gasteiger partial charge is 0.497 e. The van der Waals surface area contributed by atoms with Crippen molar-refractivity contribution in [2.45, 2.75) is 18.9 Å². The van der Waals surface area contributed by atoms with Crippen molar-refractivity contribution < 1.29 is 28.5 Å². The number of methoxy groups -OCH3 is 3. The molecule has 27 heavy (non-hydrogen) atoms. The Morgan fingerprint density at radius 1 is 1.04 bits per heavy atom. The summed E-state index contributed by atoms with van der Waals surface area (Å²) < 4.78 is 20.6. The molecule has 1 N–H and O–H groups in total. The van der Waals surface area contributed by atoms with Crippen LogP contribution in [0.3, 0.4) is 0 Å². The van der Waals surface area contributed by atoms with Gasteiger partial charge in [-0.3, -0.25) is 9.59 Å². The molecule has 1 aromatic rings. The summed E-state index contributed by atoms with van der Waals surface area (Å²) >= 11 is 0. The Bertz CT molecular complexity index is 606. The van der Waals surface area contributed by atoms with Crippen LogP contribution in [0.15, 0.2) is 18.2 Å². The summed E-state index contributed by atoms with van der Waals surface area (Å²) in [5, 5.41) is 3.02. The van der Waals surface area contributed by atoms with E-state index in [1.165, 1.54) is 0 Å². The van der Waals surface area contributed by atoms with Crippen molar-refractivity contribution in [2.24, 2.45) is 0 Å². The zero-order chi connectivity index (χ0) is 19.6. The first-order valence-electron chi connectivity index (χ1n) is 8.95. The van der Waals surface area contributed by atoms with Crippen LogP contribution in [0, 0.1) is 0 Å². The lowest BCUT2D eigenvalue weighted by atomic mass is 10.0. The Morgan fingerprint density at radius 2 is 1.67 bits per heavy atom. The van der Waals surface area contributed by atoms with Crippen LogP contribution in [-0.2, 0) is 14.3 Å². The van der Waals surface area contributed by atoms with Crippen molar-refractivity contribution in [1.82, 2.24) is 10.2 Å². The molecule has 1 fully saturated rings. The number of likely N-dealkylation sites (tertiary alicyclic amines) is 1. The van der Waals surface area contributed by atoms with Crippen molar-refractivity contribution in [3.63, 3.8) is 0 Å². The summed E-state index contributed by atoms with van der Waals surface area (Å²) in [6, 6.07) is 5.09. The van der Waals surface area contributed by atoms with Crippen LogP contribution < -0.4 is 14.8 Å². The molecule has 2 amide bonds. The second-order valence-corrected chi connectivity index (χ2v) is 6.28. The lowest BCUT2D eigenvalue weighted by Crippen LogP contribution is -2.47. The minimum absolute atomic E-state index is 0.0214. The number of nitrogens with one attached hydrogen (secondary N) is 1. The van der Waals surface area contributed by atoms with Gasteiger partial charge in [0, 0.05) is 37.9 Å². The molecule has 1 aliphatic heterocycles. The molecule has 0 saturated carbocycles. The molecule has 0 unspecified atom stereocenters. The van der Waals surface area contributed by atoms with Gasteiger partial charge in [0.15, 0.2) is 0 Å². The fourth-order valence-electron chi connectivity index (χ4n) is 2.87. The summed E-state index contributed by atoms with van der Waals surface area (Å²) in [6.45, 7) is 2.12. The highest BCUT2D eigenvalue weighted by Crippen LogP contribution is 2.23. The van der Waals surface area contributed by atoms with E-state index in [-0.39, 0.29) is 24.5 Å². The van der Waals surface area contributed by atoms with Crippen molar-refractivity contribution in [3.8, 4) is 11.5 Å². The zero-order valence-corrected chi connectivity index (χ0v) is 16.2. The van der Waals surface area contributed by atoms with Gasteiger partial charge in [0.05, 0.1) is 27.4 Å². The number of rotatable bonds is 9. The zero-order valence-electron chi connectivity index (χ0n) is 16.2. The summed E-state index contributed by atoms with van der Waals surface area (Å²) in [5.41, 5.74) is 0.483. The predicted octanol–water partition coefficient (Wildman–Crippen LogP) is 1.09. The fraction of sp³-hybridized carbons (Fsp3) is 0.579. The average Bonchev–Trinajstić information content (AvgIpc) is 2.71. The van der Waals surface area contributed by atoms with Crippen LogP contribution in [-0.4, -0.2) is 77.0 Å². The Morgan fingerprint density at radius 3 is 2.22 bits per heavy atom. The van der Waals surface area contributed by atoms with Crippen LogP contribution in [0.4, 0.5) is 0 Å². The normalized spacial score (nSPS) is 14.7. The van der Waals surface area contributed by atoms with Crippen molar-refractivity contribution >= 4 is 11.8 Å². The Labute approximate surface area is 159 Å². The third-order valence-electron chi connectivity index (χ3n) is 4.45. The first-order chi connectivity index (χ1) is 13.1. The average molecular weight is 380 g/mol. The number of nitrogens with zero attached hydrogens (tertiary/aromatic N) is 1. The summed E-state index contributed by atoms with van der Waals surface area (Å²) in [7, 11) is 4.68. The van der Waals surface area contributed by atoms with Gasteiger partial charge in [-0.05, 0) is 25.0 Å². The first-order valence-corrected chi connectivity index (χ1v) is 8.95. The topological polar surface area (TPSA) is 86.3 Å². The molecule has 150 valence electrons. The molecule has 1 heterocycles. The van der Waals surface area contributed by atoms with E-state index in [0.717, 1.165) is 0 Å². The SMILES string of the molecule is COCCOCC(=O)N1CCC(NC(=O)c2cc(OC)cc(OC)c2)CC1. The van der Waals surface area contributed by atoms with Crippen LogP contribution in [0.5, 0.6) is 11.5 Å². The summed E-state index contributed by atoms with van der Waals surface area (Å²) in [6.07, 6.45) is 1.41. The maximum atomic E-state index is 12.5. The van der Waals surface area contributed by atoms with E-state index in [1.54, 1.807) is 44.4 Å². The standard InChI is InChI=1S/C19H28N2O6/c1-24-8-9-27-13-18(22)21-6-4-15(5-7-21)20-19(23)14-10-16(25-2)12-17(11-14)26-3/h10-12,15H,4-9,13H2,1-3H3,(H,20,23). The number of benzene rings is 1. The molecule has 1 aromatic carbocycles. The van der Waals surface area contributed by atoms with Gasteiger partial charge >= 0.3 is 0 Å². The van der Waals surface area contributed by atoms with Crippen LogP contribution in [0.25, 0.3) is 0 Å². The van der Waals surface area contributed by atoms with E-state index in [4.69, 9.17) is 18.9 Å². The van der Waals surface area contributed by atoms with Crippen LogP contribution >= 0.6 is 0 Å². The van der Waals surface area contributed by atoms with E-state index < -0.39 is 0 Å². The fourth-order valence-corrected chi connectivity index (χ4v) is 2.87. The van der Waals surface area contributed by atoms with Gasteiger partial charge in [-0.2, -0.15) is 0 Å². The first kappa shape index (κ1) is 21.0. The van der Waals surface area contributed by atoms with Gasteiger partial charge in [0.2, 0.25) is 5.91 Å². The minimum Gasteiger partial charge on any atom is -0.497 e. The van der Waals surface area contributed by atoms with Gasteiger partial charge in [0.25, 0.3) is 5.91 Å². The van der Waals surface area contributed by atoms with E-state index in [9.17, 15) is 9.59 Å². The quantitative estimate of drug-likeness (QED) is 0.646. The third kappa shape index (κ3) is 6.41. The number of amides is 2. The van der Waals surface area contributed by atoms with Crippen molar-refractivity contribution in [3.05, 3.63) is 23.8 Å². The van der Waals surface area contributed by atoms with E-state index >= 15 is 0 Å². The molecule has 1 saturated heterocycles. The summed E-state index contributed by atoms with van der Waals surface area (Å²) in [4.78, 5) is 26.4. The maximum absolute atomic E-state index is 12.5. The number of hydrogen-bond acceptors (Lipinski definition) is 6. The Hall–Kier alpha value is -2.32. The van der Waals surface area contributed by atoms with Gasteiger partial charge in [0.1, 0.15) is 18.1 Å². The van der Waals surface area contributed by atoms with E-state index in [2.05, 4.69) is 5.32 Å². The van der Waals surface area contributed by atoms with Gasteiger partial charge < -0.3 is 29.2 Å². The highest BCUT2D eigenvalue weighted by molar-refractivity contribution is 5.95. The highest BCUT2D eigenvalue weighted by atomic mass is 16.5. The molecule has 0 bridgehead atoms. The second-order valence-electron chi connectivity index (χ2n) is 6.28. The molecular formula is C19H28N2O6. The summed E-state index contributed by atoms with van der Waals surface area (Å²) in [5.74, 6) is 0.912. The maximum Gasteiger partial charge on any atom is 0.251 e. The minimum atomic E-state index is -0.181. The van der Waals surface area contributed by atoms with Crippen molar-refractivity contribution in [1.29, 1.82) is 0 Å². The monoisotopic (exact) mass is 380 g/mol. The number of piperidine rings is 1. The van der Waals surface area contributed by atoms with E-state index in [0.29, 0.717) is 56.2 Å². The number of ether oxygens (including phenoxy) is 4. The predicted molar refractivity (Wildman–Crippen MR) is 99.3 cm³/mol. The molecule has 8 nitrogen and oxygen atoms in total. The lowest BCUT2D eigenvalue weighted by molar-refractivity contribution is -0.137. The molecule has 1 aliphatic rings. The molecule has 0 spiro atoms. The van der Waals surface area contributed by atoms with Crippen LogP contribution in [0.2, 0.25) is 0 Å². The van der Waals surface area contributed by atoms with Gasteiger partial charge in [-0.1, -0.05) is 0 Å². The van der Waals surface area contributed by atoms with Gasteiger partial charge in [-0.15, -0.1) is 0 Å². The van der Waals surface area contributed by atoms with Gasteiger partial charge in [-0.25, -0.2) is 0 Å². The molecule has 0 aromatic heterocycles. The molecule has 0 aliphatic carbocycles. The number of hydrogen-bond donors (Lipinski definition) is 1. The van der Waals surface area contributed by atoms with Crippen LogP contribution in [0.1, 0.15) is 23.2 Å². The molecule has 0 atom stereocenters. The molecule has 0 radical (unpaired) electrons. The molecular weight excluding hydrogens is 352 g/mol. The Balaban J connectivity index is 1.81. The second kappa shape index (κ2) is 10.7. The molecule has 8 heteroatoms. The third-order valence-corrected chi connectivity index (χ3v) is 4.45.